The summed E-state index contributed by atoms with van der Waals surface area (Å²) in [5.74, 6) is -0.347. The third kappa shape index (κ3) is 9.13. The summed E-state index contributed by atoms with van der Waals surface area (Å²) in [5, 5.41) is 14.0. The van der Waals surface area contributed by atoms with Crippen molar-refractivity contribution in [1.29, 1.82) is 5.41 Å². The number of carbonyl (C=O) groups is 1. The molecule has 2 aromatic rings. The monoisotopic (exact) mass is 487 g/mol. The lowest BCUT2D eigenvalue weighted by Gasteiger charge is -2.16. The van der Waals surface area contributed by atoms with E-state index < -0.39 is 0 Å². The molecule has 10 nitrogen and oxygen atoms in total. The summed E-state index contributed by atoms with van der Waals surface area (Å²) in [6.45, 7) is 4.57. The fourth-order valence-corrected chi connectivity index (χ4v) is 2.61. The van der Waals surface area contributed by atoms with Crippen LogP contribution in [0.25, 0.3) is 0 Å². The SMILES string of the molecule is Cc1ccc(CCNc2ncc(C)n(CC(=O)NCCON(C)C(=N)N)c2=O)cc1.Cl.Cl. The summed E-state index contributed by atoms with van der Waals surface area (Å²) >= 11 is 0. The lowest BCUT2D eigenvalue weighted by Crippen LogP contribution is -2.38. The average molecular weight is 488 g/mol. The molecular weight excluding hydrogens is 457 g/mol. The van der Waals surface area contributed by atoms with Gasteiger partial charge >= 0.3 is 0 Å². The second-order valence-corrected chi connectivity index (χ2v) is 6.87. The van der Waals surface area contributed by atoms with Crippen LogP contribution in [-0.2, 0) is 22.6 Å². The molecule has 0 aliphatic carbocycles. The molecule has 0 radical (unpaired) electrons. The molecule has 0 unspecified atom stereocenters. The van der Waals surface area contributed by atoms with Crippen molar-refractivity contribution in [1.82, 2.24) is 19.9 Å². The number of guanidine groups is 1. The van der Waals surface area contributed by atoms with Gasteiger partial charge in [-0.2, -0.15) is 0 Å². The number of hydroxylamine groups is 2. The quantitative estimate of drug-likeness (QED) is 0.171. The van der Waals surface area contributed by atoms with Crippen molar-refractivity contribution in [3.63, 3.8) is 0 Å². The van der Waals surface area contributed by atoms with Crippen molar-refractivity contribution in [2.45, 2.75) is 26.8 Å². The van der Waals surface area contributed by atoms with Gasteiger partial charge < -0.3 is 16.4 Å². The number of nitrogens with zero attached hydrogens (tertiary/aromatic N) is 3. The molecule has 5 N–H and O–H groups in total. The predicted molar refractivity (Wildman–Crippen MR) is 130 cm³/mol. The van der Waals surface area contributed by atoms with E-state index in [0.717, 1.165) is 17.0 Å². The Morgan fingerprint density at radius 3 is 2.50 bits per heavy atom. The zero-order chi connectivity index (χ0) is 22.1. The maximum atomic E-state index is 12.7. The molecule has 12 heteroatoms. The maximum absolute atomic E-state index is 12.7. The highest BCUT2D eigenvalue weighted by atomic mass is 35.5. The van der Waals surface area contributed by atoms with E-state index in [9.17, 15) is 9.59 Å². The lowest BCUT2D eigenvalue weighted by atomic mass is 10.1. The minimum absolute atomic E-state index is 0. The van der Waals surface area contributed by atoms with Crippen molar-refractivity contribution in [3.8, 4) is 0 Å². The van der Waals surface area contributed by atoms with Crippen LogP contribution in [0.1, 0.15) is 16.8 Å². The summed E-state index contributed by atoms with van der Waals surface area (Å²) in [6, 6.07) is 8.21. The number of anilines is 1. The molecule has 32 heavy (non-hydrogen) atoms. The first-order valence-corrected chi connectivity index (χ1v) is 9.61. The smallest absolute Gasteiger partial charge is 0.293 e. The Labute approximate surface area is 199 Å². The van der Waals surface area contributed by atoms with E-state index in [4.69, 9.17) is 16.0 Å². The molecule has 0 aliphatic rings. The van der Waals surface area contributed by atoms with Gasteiger partial charge in [0.1, 0.15) is 6.54 Å². The standard InChI is InChI=1S/C20H29N7O3.2ClH/c1-14-4-6-16(7-5-14)8-9-24-18-19(29)27(15(2)12-25-18)13-17(28)23-10-11-30-26(3)20(21)22;;/h4-7,12H,8-11,13H2,1-3H3,(H3,21,22)(H,23,28)(H,24,25);2*1H. The Balaban J connectivity index is 0.00000480. The maximum Gasteiger partial charge on any atom is 0.293 e. The van der Waals surface area contributed by atoms with E-state index in [1.54, 1.807) is 13.1 Å². The molecule has 0 atom stereocenters. The number of hydrogen-bond donors (Lipinski definition) is 4. The van der Waals surface area contributed by atoms with Gasteiger partial charge in [-0.1, -0.05) is 29.8 Å². The zero-order valence-corrected chi connectivity index (χ0v) is 20.0. The number of nitrogens with two attached hydrogens (primary N) is 1. The van der Waals surface area contributed by atoms with Crippen LogP contribution in [0.4, 0.5) is 5.82 Å². The molecule has 0 spiro atoms. The summed E-state index contributed by atoms with van der Waals surface area (Å²) in [4.78, 5) is 34.2. The fourth-order valence-electron chi connectivity index (χ4n) is 2.61. The number of carbonyl (C=O) groups excluding carboxylic acids is 1. The van der Waals surface area contributed by atoms with Gasteiger partial charge in [0.05, 0.1) is 6.61 Å². The van der Waals surface area contributed by atoms with Crippen molar-refractivity contribution >= 4 is 42.5 Å². The Bertz CT molecular complexity index is 936. The normalized spacial score (nSPS) is 9.84. The van der Waals surface area contributed by atoms with Crippen molar-refractivity contribution in [2.75, 3.05) is 32.1 Å². The molecule has 1 heterocycles. The van der Waals surface area contributed by atoms with Crippen LogP contribution in [-0.4, -0.2) is 53.2 Å². The van der Waals surface area contributed by atoms with Gasteiger partial charge in [0, 0.05) is 32.0 Å². The first-order chi connectivity index (χ1) is 14.3. The van der Waals surface area contributed by atoms with Gasteiger partial charge in [0.15, 0.2) is 5.82 Å². The van der Waals surface area contributed by atoms with Crippen LogP contribution < -0.4 is 21.9 Å². The number of aryl methyl sites for hydroxylation is 2. The van der Waals surface area contributed by atoms with Gasteiger partial charge in [0.25, 0.3) is 5.56 Å². The second-order valence-electron chi connectivity index (χ2n) is 6.87. The molecule has 0 aliphatic heterocycles. The molecule has 1 aromatic heterocycles. The van der Waals surface area contributed by atoms with Crippen molar-refractivity contribution in [3.05, 3.63) is 57.6 Å². The zero-order valence-electron chi connectivity index (χ0n) is 18.4. The first-order valence-electron chi connectivity index (χ1n) is 9.61. The number of halogens is 2. The van der Waals surface area contributed by atoms with E-state index >= 15 is 0 Å². The third-order valence-corrected chi connectivity index (χ3v) is 4.43. The van der Waals surface area contributed by atoms with Gasteiger partial charge in [0.2, 0.25) is 11.9 Å². The largest absolute Gasteiger partial charge is 0.368 e. The molecule has 178 valence electrons. The first kappa shape index (κ1) is 29.2. The van der Waals surface area contributed by atoms with Gasteiger partial charge in [-0.15, -0.1) is 24.8 Å². The van der Waals surface area contributed by atoms with Gasteiger partial charge in [-0.25, -0.2) is 10.0 Å². The molecule has 1 aromatic carbocycles. The summed E-state index contributed by atoms with van der Waals surface area (Å²) in [6.07, 6.45) is 2.32. The molecule has 2 rings (SSSR count). The van der Waals surface area contributed by atoms with E-state index in [-0.39, 0.29) is 67.8 Å². The predicted octanol–water partition coefficient (Wildman–Crippen LogP) is 1.23. The summed E-state index contributed by atoms with van der Waals surface area (Å²) < 4.78 is 1.37. The molecule has 0 fully saturated rings. The third-order valence-electron chi connectivity index (χ3n) is 4.43. The summed E-state index contributed by atoms with van der Waals surface area (Å²) in [5.41, 5.74) is 7.86. The van der Waals surface area contributed by atoms with Crippen LogP contribution in [0.3, 0.4) is 0 Å². The Morgan fingerprint density at radius 1 is 1.22 bits per heavy atom. The van der Waals surface area contributed by atoms with Crippen molar-refractivity contribution < 1.29 is 9.63 Å². The Morgan fingerprint density at radius 2 is 1.88 bits per heavy atom. The van der Waals surface area contributed by atoms with Crippen molar-refractivity contribution in [2.24, 2.45) is 5.73 Å². The Kier molecular flexibility index (Phi) is 13.0. The highest BCUT2D eigenvalue weighted by Gasteiger charge is 2.11. The number of amides is 1. The highest BCUT2D eigenvalue weighted by Crippen LogP contribution is 2.05. The van der Waals surface area contributed by atoms with Crippen LogP contribution in [0.2, 0.25) is 0 Å². The number of hydrogen-bond acceptors (Lipinski definition) is 6. The molecule has 0 bridgehead atoms. The number of rotatable bonds is 10. The van der Waals surface area contributed by atoms with Crippen LogP contribution in [0.15, 0.2) is 35.3 Å². The summed E-state index contributed by atoms with van der Waals surface area (Å²) in [7, 11) is 1.50. The highest BCUT2D eigenvalue weighted by molar-refractivity contribution is 5.85. The minimum Gasteiger partial charge on any atom is -0.368 e. The van der Waals surface area contributed by atoms with Crippen LogP contribution in [0, 0.1) is 19.3 Å². The minimum atomic E-state index is -0.346. The molecule has 0 saturated heterocycles. The van der Waals surface area contributed by atoms with Gasteiger partial charge in [-0.3, -0.25) is 24.4 Å². The van der Waals surface area contributed by atoms with Crippen LogP contribution >= 0.6 is 24.8 Å². The van der Waals surface area contributed by atoms with E-state index in [1.807, 2.05) is 19.1 Å². The molecule has 1 amide bonds. The van der Waals surface area contributed by atoms with E-state index in [1.165, 1.54) is 17.2 Å². The average Bonchev–Trinajstić information content (AvgIpc) is 2.71. The topological polar surface area (TPSA) is 138 Å². The molecule has 0 saturated carbocycles. The number of nitrogens with one attached hydrogen (secondary N) is 3. The Hall–Kier alpha value is -2.82. The second kappa shape index (κ2) is 14.3. The van der Waals surface area contributed by atoms with Crippen LogP contribution in [0.5, 0.6) is 0 Å². The van der Waals surface area contributed by atoms with E-state index in [2.05, 4.69) is 27.8 Å². The number of benzene rings is 1. The fraction of sp³-hybridized carbons (Fsp3) is 0.400. The lowest BCUT2D eigenvalue weighted by molar-refractivity contribution is -0.123. The van der Waals surface area contributed by atoms with E-state index in [0.29, 0.717) is 12.2 Å². The number of aromatic nitrogens is 2. The molecular formula is C20H31Cl2N7O3. The van der Waals surface area contributed by atoms with Gasteiger partial charge in [-0.05, 0) is 25.8 Å².